The Bertz CT molecular complexity index is 1470. The second-order valence-corrected chi connectivity index (χ2v) is 9.23. The first kappa shape index (κ1) is 26.7. The average molecular weight is 530 g/mol. The van der Waals surface area contributed by atoms with Crippen LogP contribution in [0, 0.1) is 5.92 Å². The molecule has 1 aliphatic rings. The number of halogens is 3. The summed E-state index contributed by atoms with van der Waals surface area (Å²) in [5.74, 6) is -2.22. The first-order valence-electron chi connectivity index (χ1n) is 11.8. The van der Waals surface area contributed by atoms with Gasteiger partial charge in [-0.15, -0.1) is 0 Å². The highest BCUT2D eigenvalue weighted by Gasteiger charge is 2.38. The molecule has 2 aromatic carbocycles. The molecule has 9 nitrogen and oxygen atoms in total. The third-order valence-corrected chi connectivity index (χ3v) is 6.12. The van der Waals surface area contributed by atoms with Crippen molar-refractivity contribution in [1.82, 2.24) is 24.0 Å². The number of carboxylic acids is 1. The standard InChI is InChI=1S/C24H25N5O2.C2HF3O2/c1-27(13-17-2-4-18(5-3-17)14-28-11-10-25-16-28)23(30)20-8-9-22-21(12-20)26-24(31)29(22)15-19-6-7-19;3-2(4,5)1(6)7/h2-5,8-12,16,19H,6-7,13-15H2,1H3,(H,26,31);(H,6,7). The highest BCUT2D eigenvalue weighted by Crippen LogP contribution is 2.31. The molecule has 4 aromatic rings. The number of fused-ring (bicyclic) bond motifs is 1. The predicted octanol–water partition coefficient (Wildman–Crippen LogP) is 3.89. The number of carbonyl (C=O) groups excluding carboxylic acids is 1. The number of H-pyrrole nitrogens is 1. The quantitative estimate of drug-likeness (QED) is 0.377. The summed E-state index contributed by atoms with van der Waals surface area (Å²) in [6, 6.07) is 13.7. The SMILES string of the molecule is CN(Cc1ccc(Cn2ccnc2)cc1)C(=O)c1ccc2c(c1)[nH]c(=O)n2CC1CC1.O=C(O)C(F)(F)F. The molecule has 12 heteroatoms. The number of carboxylic acid groups (broad SMARTS) is 1. The number of rotatable bonds is 7. The van der Waals surface area contributed by atoms with Gasteiger partial charge in [0.15, 0.2) is 0 Å². The van der Waals surface area contributed by atoms with Gasteiger partial charge >= 0.3 is 17.8 Å². The fourth-order valence-electron chi connectivity index (χ4n) is 3.94. The molecule has 0 bridgehead atoms. The Morgan fingerprint density at radius 1 is 1.13 bits per heavy atom. The predicted molar refractivity (Wildman–Crippen MR) is 133 cm³/mol. The minimum Gasteiger partial charge on any atom is -0.475 e. The van der Waals surface area contributed by atoms with Gasteiger partial charge in [-0.3, -0.25) is 9.36 Å². The highest BCUT2D eigenvalue weighted by molar-refractivity contribution is 5.97. The minimum atomic E-state index is -5.08. The van der Waals surface area contributed by atoms with E-state index in [1.165, 1.54) is 18.4 Å². The lowest BCUT2D eigenvalue weighted by Crippen LogP contribution is -2.26. The van der Waals surface area contributed by atoms with Gasteiger partial charge in [0.05, 0.1) is 17.4 Å². The highest BCUT2D eigenvalue weighted by atomic mass is 19.4. The van der Waals surface area contributed by atoms with E-state index in [0.29, 0.717) is 23.5 Å². The van der Waals surface area contributed by atoms with Crippen LogP contribution in [0.5, 0.6) is 0 Å². The Kier molecular flexibility index (Phi) is 7.70. The fraction of sp³-hybridized carbons (Fsp3) is 0.308. The largest absolute Gasteiger partial charge is 0.490 e. The van der Waals surface area contributed by atoms with Crippen molar-refractivity contribution in [3.8, 4) is 0 Å². The molecule has 0 unspecified atom stereocenters. The zero-order valence-corrected chi connectivity index (χ0v) is 20.5. The van der Waals surface area contributed by atoms with Crippen LogP contribution in [-0.4, -0.2) is 54.2 Å². The Morgan fingerprint density at radius 3 is 2.37 bits per heavy atom. The molecule has 1 fully saturated rings. The van der Waals surface area contributed by atoms with E-state index in [1.807, 2.05) is 22.9 Å². The van der Waals surface area contributed by atoms with Crippen molar-refractivity contribution in [3.05, 3.63) is 88.4 Å². The molecule has 0 atom stereocenters. The van der Waals surface area contributed by atoms with Crippen LogP contribution >= 0.6 is 0 Å². The molecule has 2 aromatic heterocycles. The molecule has 1 amide bonds. The number of benzene rings is 2. The summed E-state index contributed by atoms with van der Waals surface area (Å²) in [5.41, 5.74) is 4.30. The number of aromatic amines is 1. The lowest BCUT2D eigenvalue weighted by molar-refractivity contribution is -0.192. The molecule has 5 rings (SSSR count). The van der Waals surface area contributed by atoms with E-state index in [4.69, 9.17) is 9.90 Å². The molecule has 0 aliphatic heterocycles. The fourth-order valence-corrected chi connectivity index (χ4v) is 3.94. The van der Waals surface area contributed by atoms with Crippen molar-refractivity contribution >= 4 is 22.9 Å². The zero-order chi connectivity index (χ0) is 27.4. The number of imidazole rings is 2. The van der Waals surface area contributed by atoms with Crippen molar-refractivity contribution in [2.75, 3.05) is 7.05 Å². The summed E-state index contributed by atoms with van der Waals surface area (Å²) in [6.45, 7) is 2.04. The number of carbonyl (C=O) groups is 2. The van der Waals surface area contributed by atoms with E-state index >= 15 is 0 Å². The molecular weight excluding hydrogens is 503 g/mol. The lowest BCUT2D eigenvalue weighted by Gasteiger charge is -2.18. The first-order valence-corrected chi connectivity index (χ1v) is 11.8. The Balaban J connectivity index is 0.000000426. The van der Waals surface area contributed by atoms with Gasteiger partial charge in [-0.05, 0) is 48.1 Å². The normalized spacial score (nSPS) is 13.2. The monoisotopic (exact) mass is 529 g/mol. The summed E-state index contributed by atoms with van der Waals surface area (Å²) in [6.07, 6.45) is 2.79. The topological polar surface area (TPSA) is 113 Å². The van der Waals surface area contributed by atoms with E-state index in [0.717, 1.165) is 24.2 Å². The number of hydrogen-bond donors (Lipinski definition) is 2. The van der Waals surface area contributed by atoms with Gasteiger partial charge in [-0.2, -0.15) is 13.2 Å². The van der Waals surface area contributed by atoms with Crippen LogP contribution in [0.1, 0.15) is 34.3 Å². The average Bonchev–Trinajstić information content (AvgIpc) is 3.45. The van der Waals surface area contributed by atoms with Crippen LogP contribution in [0.4, 0.5) is 13.2 Å². The zero-order valence-electron chi connectivity index (χ0n) is 20.5. The van der Waals surface area contributed by atoms with Crippen molar-refractivity contribution in [1.29, 1.82) is 0 Å². The number of nitrogens with zero attached hydrogens (tertiary/aromatic N) is 4. The molecule has 1 aliphatic carbocycles. The molecule has 200 valence electrons. The second-order valence-electron chi connectivity index (χ2n) is 9.23. The van der Waals surface area contributed by atoms with Crippen molar-refractivity contribution in [2.45, 2.75) is 38.7 Å². The first-order chi connectivity index (χ1) is 18.0. The number of hydrogen-bond acceptors (Lipinski definition) is 4. The summed E-state index contributed by atoms with van der Waals surface area (Å²) >= 11 is 0. The molecule has 38 heavy (non-hydrogen) atoms. The van der Waals surface area contributed by atoms with Crippen molar-refractivity contribution in [3.63, 3.8) is 0 Å². The van der Waals surface area contributed by atoms with Gasteiger partial charge in [0, 0.05) is 44.6 Å². The Labute approximate surface area is 215 Å². The summed E-state index contributed by atoms with van der Waals surface area (Å²) in [7, 11) is 1.80. The Hall–Kier alpha value is -4.35. The van der Waals surface area contributed by atoms with Crippen LogP contribution < -0.4 is 5.69 Å². The molecule has 0 saturated heterocycles. The van der Waals surface area contributed by atoms with Crippen LogP contribution in [-0.2, 0) is 24.4 Å². The summed E-state index contributed by atoms with van der Waals surface area (Å²) in [5, 5.41) is 7.12. The smallest absolute Gasteiger partial charge is 0.475 e. The molecule has 2 heterocycles. The summed E-state index contributed by atoms with van der Waals surface area (Å²) < 4.78 is 35.5. The molecular formula is C26H26F3N5O4. The third-order valence-electron chi connectivity index (χ3n) is 6.12. The van der Waals surface area contributed by atoms with Gasteiger partial charge in [0.1, 0.15) is 0 Å². The Morgan fingerprint density at radius 2 is 1.79 bits per heavy atom. The van der Waals surface area contributed by atoms with E-state index < -0.39 is 12.1 Å². The van der Waals surface area contributed by atoms with Crippen LogP contribution in [0.2, 0.25) is 0 Å². The van der Waals surface area contributed by atoms with E-state index in [1.54, 1.807) is 35.1 Å². The van der Waals surface area contributed by atoms with Gasteiger partial charge in [0.2, 0.25) is 0 Å². The number of nitrogens with one attached hydrogen (secondary N) is 1. The van der Waals surface area contributed by atoms with E-state index in [9.17, 15) is 22.8 Å². The van der Waals surface area contributed by atoms with E-state index in [-0.39, 0.29) is 11.6 Å². The number of amides is 1. The molecule has 0 spiro atoms. The van der Waals surface area contributed by atoms with Gasteiger partial charge in [-0.1, -0.05) is 24.3 Å². The molecule has 0 radical (unpaired) electrons. The van der Waals surface area contributed by atoms with Gasteiger partial charge in [0.25, 0.3) is 5.91 Å². The van der Waals surface area contributed by atoms with Crippen LogP contribution in [0.25, 0.3) is 11.0 Å². The maximum Gasteiger partial charge on any atom is 0.490 e. The maximum absolute atomic E-state index is 13.0. The lowest BCUT2D eigenvalue weighted by atomic mass is 10.1. The van der Waals surface area contributed by atoms with Gasteiger partial charge < -0.3 is 19.6 Å². The van der Waals surface area contributed by atoms with Crippen LogP contribution in [0.3, 0.4) is 0 Å². The molecule has 2 N–H and O–H groups in total. The maximum atomic E-state index is 13.0. The van der Waals surface area contributed by atoms with E-state index in [2.05, 4.69) is 34.2 Å². The second kappa shape index (κ2) is 11.0. The number of aromatic nitrogens is 4. The van der Waals surface area contributed by atoms with Gasteiger partial charge in [-0.25, -0.2) is 14.6 Å². The van der Waals surface area contributed by atoms with Crippen molar-refractivity contribution in [2.24, 2.45) is 5.92 Å². The van der Waals surface area contributed by atoms with Crippen molar-refractivity contribution < 1.29 is 27.9 Å². The minimum absolute atomic E-state index is 0.0693. The van der Waals surface area contributed by atoms with Crippen LogP contribution in [0.15, 0.2) is 66.0 Å². The number of alkyl halides is 3. The molecule has 1 saturated carbocycles. The third kappa shape index (κ3) is 6.69. The summed E-state index contributed by atoms with van der Waals surface area (Å²) in [4.78, 5) is 42.8. The number of aliphatic carboxylic acids is 1.